The van der Waals surface area contributed by atoms with E-state index in [4.69, 9.17) is 23.2 Å². The molecule has 2 nitrogen and oxygen atoms in total. The third-order valence-corrected chi connectivity index (χ3v) is 3.97. The number of benzene rings is 1. The molecule has 1 aromatic carbocycles. The van der Waals surface area contributed by atoms with Gasteiger partial charge in [0.05, 0.1) is 10.0 Å². The molecule has 1 aliphatic rings. The second kappa shape index (κ2) is 5.28. The number of nitrogens with zero attached hydrogens (tertiary/aromatic N) is 1. The van der Waals surface area contributed by atoms with Gasteiger partial charge in [-0.15, -0.1) is 0 Å². The van der Waals surface area contributed by atoms with Crippen LogP contribution in [0.5, 0.6) is 0 Å². The molecule has 0 aromatic heterocycles. The first-order valence-electron chi connectivity index (χ1n) is 5.85. The zero-order chi connectivity index (χ0) is 12.4. The maximum absolute atomic E-state index is 12.3. The third-order valence-electron chi connectivity index (χ3n) is 3.23. The van der Waals surface area contributed by atoms with Crippen LogP contribution in [0.1, 0.15) is 36.5 Å². The summed E-state index contributed by atoms with van der Waals surface area (Å²) in [5.41, 5.74) is 0.619. The van der Waals surface area contributed by atoms with Crippen molar-refractivity contribution in [1.29, 1.82) is 0 Å². The summed E-state index contributed by atoms with van der Waals surface area (Å²) < 4.78 is 0. The molecule has 0 N–H and O–H groups in total. The fourth-order valence-corrected chi connectivity index (χ4v) is 2.49. The van der Waals surface area contributed by atoms with E-state index in [2.05, 4.69) is 6.92 Å². The molecule has 0 unspecified atom stereocenters. The molecule has 17 heavy (non-hydrogen) atoms. The summed E-state index contributed by atoms with van der Waals surface area (Å²) >= 11 is 11.8. The quantitative estimate of drug-likeness (QED) is 0.756. The molecule has 0 radical (unpaired) electrons. The van der Waals surface area contributed by atoms with Crippen LogP contribution in [0.15, 0.2) is 18.2 Å². The lowest BCUT2D eigenvalue weighted by molar-refractivity contribution is 0.0635. The van der Waals surface area contributed by atoms with E-state index in [1.807, 2.05) is 4.90 Å². The molecule has 0 bridgehead atoms. The summed E-state index contributed by atoms with van der Waals surface area (Å²) in [6.07, 6.45) is 3.36. The predicted octanol–water partition coefficient (Wildman–Crippen LogP) is 4.01. The van der Waals surface area contributed by atoms with Crippen molar-refractivity contribution in [2.75, 3.05) is 6.54 Å². The van der Waals surface area contributed by atoms with Gasteiger partial charge in [0.2, 0.25) is 0 Å². The minimum Gasteiger partial charge on any atom is -0.336 e. The second-order valence-corrected chi connectivity index (χ2v) is 5.29. The van der Waals surface area contributed by atoms with Gasteiger partial charge in [-0.25, -0.2) is 0 Å². The first-order chi connectivity index (χ1) is 8.09. The number of halogens is 2. The Balaban J connectivity index is 2.21. The van der Waals surface area contributed by atoms with Crippen LogP contribution in [-0.2, 0) is 0 Å². The van der Waals surface area contributed by atoms with E-state index in [0.717, 1.165) is 19.4 Å². The van der Waals surface area contributed by atoms with E-state index in [-0.39, 0.29) is 5.91 Å². The van der Waals surface area contributed by atoms with Gasteiger partial charge >= 0.3 is 0 Å². The Bertz CT molecular complexity index is 433. The van der Waals surface area contributed by atoms with Crippen molar-refractivity contribution in [3.8, 4) is 0 Å². The van der Waals surface area contributed by atoms with Gasteiger partial charge in [-0.3, -0.25) is 4.79 Å². The second-order valence-electron chi connectivity index (χ2n) is 4.47. The minimum absolute atomic E-state index is 0.0516. The van der Waals surface area contributed by atoms with Crippen molar-refractivity contribution >= 4 is 29.1 Å². The summed E-state index contributed by atoms with van der Waals surface area (Å²) in [5, 5.41) is 0.914. The normalized spacial score (nSPS) is 20.4. The number of rotatable bonds is 1. The lowest BCUT2D eigenvalue weighted by Gasteiger charge is -2.33. The van der Waals surface area contributed by atoms with Crippen molar-refractivity contribution in [1.82, 2.24) is 4.90 Å². The van der Waals surface area contributed by atoms with E-state index in [1.165, 1.54) is 6.42 Å². The first kappa shape index (κ1) is 12.7. The molecule has 92 valence electrons. The fourth-order valence-electron chi connectivity index (χ4n) is 2.19. The first-order valence-corrected chi connectivity index (χ1v) is 6.61. The van der Waals surface area contributed by atoms with E-state index in [1.54, 1.807) is 18.2 Å². The standard InChI is InChI=1S/C13H15Cl2NO/c1-9-4-2-3-7-16(9)13(17)10-5-6-11(14)12(15)8-10/h5-6,8-9H,2-4,7H2,1H3/t9-/m1/s1. The summed E-state index contributed by atoms with van der Waals surface area (Å²) in [5.74, 6) is 0.0516. The number of piperidine rings is 1. The van der Waals surface area contributed by atoms with Gasteiger partial charge in [-0.05, 0) is 44.4 Å². The van der Waals surface area contributed by atoms with Gasteiger partial charge in [0.1, 0.15) is 0 Å². The number of hydrogen-bond donors (Lipinski definition) is 0. The number of amides is 1. The highest BCUT2D eigenvalue weighted by molar-refractivity contribution is 6.42. The maximum atomic E-state index is 12.3. The topological polar surface area (TPSA) is 20.3 Å². The summed E-state index contributed by atoms with van der Waals surface area (Å²) in [6, 6.07) is 5.36. The van der Waals surface area contributed by atoms with Gasteiger partial charge in [-0.2, -0.15) is 0 Å². The SMILES string of the molecule is C[C@@H]1CCCCN1C(=O)c1ccc(Cl)c(Cl)c1. The van der Waals surface area contributed by atoms with Crippen LogP contribution < -0.4 is 0 Å². The van der Waals surface area contributed by atoms with Crippen LogP contribution >= 0.6 is 23.2 Å². The Labute approximate surface area is 112 Å². The molecule has 1 heterocycles. The van der Waals surface area contributed by atoms with Gasteiger partial charge in [0.15, 0.2) is 0 Å². The largest absolute Gasteiger partial charge is 0.336 e. The molecular formula is C13H15Cl2NO. The lowest BCUT2D eigenvalue weighted by atomic mass is 10.0. The molecule has 1 fully saturated rings. The van der Waals surface area contributed by atoms with Crippen molar-refractivity contribution in [2.24, 2.45) is 0 Å². The zero-order valence-electron chi connectivity index (χ0n) is 9.75. The Hall–Kier alpha value is -0.730. The van der Waals surface area contributed by atoms with Gasteiger partial charge in [-0.1, -0.05) is 23.2 Å². The van der Waals surface area contributed by atoms with Crippen molar-refractivity contribution in [3.63, 3.8) is 0 Å². The van der Waals surface area contributed by atoms with Gasteiger partial charge in [0.25, 0.3) is 5.91 Å². The van der Waals surface area contributed by atoms with E-state index in [0.29, 0.717) is 21.7 Å². The average Bonchev–Trinajstić information content (AvgIpc) is 2.32. The summed E-state index contributed by atoms with van der Waals surface area (Å²) in [6.45, 7) is 2.93. The Morgan fingerprint density at radius 2 is 2.06 bits per heavy atom. The Kier molecular flexibility index (Phi) is 3.95. The highest BCUT2D eigenvalue weighted by Gasteiger charge is 2.24. The lowest BCUT2D eigenvalue weighted by Crippen LogP contribution is -2.42. The molecular weight excluding hydrogens is 257 g/mol. The van der Waals surface area contributed by atoms with Crippen LogP contribution in [0.2, 0.25) is 10.0 Å². The smallest absolute Gasteiger partial charge is 0.254 e. The van der Waals surface area contributed by atoms with Gasteiger partial charge in [0, 0.05) is 18.2 Å². The molecule has 4 heteroatoms. The van der Waals surface area contributed by atoms with E-state index >= 15 is 0 Å². The molecule has 1 saturated heterocycles. The maximum Gasteiger partial charge on any atom is 0.254 e. The van der Waals surface area contributed by atoms with Crippen LogP contribution in [0.25, 0.3) is 0 Å². The summed E-state index contributed by atoms with van der Waals surface area (Å²) in [4.78, 5) is 14.2. The Morgan fingerprint density at radius 3 is 2.71 bits per heavy atom. The van der Waals surface area contributed by atoms with Crippen molar-refractivity contribution in [2.45, 2.75) is 32.2 Å². The third kappa shape index (κ3) is 2.75. The molecule has 0 saturated carbocycles. The van der Waals surface area contributed by atoms with Crippen LogP contribution in [0, 0.1) is 0 Å². The minimum atomic E-state index is 0.0516. The zero-order valence-corrected chi connectivity index (χ0v) is 11.3. The number of carbonyl (C=O) groups is 1. The van der Waals surface area contributed by atoms with Crippen LogP contribution in [0.3, 0.4) is 0 Å². The Morgan fingerprint density at radius 1 is 1.29 bits per heavy atom. The number of likely N-dealkylation sites (tertiary alicyclic amines) is 1. The molecule has 2 rings (SSSR count). The van der Waals surface area contributed by atoms with Crippen LogP contribution in [-0.4, -0.2) is 23.4 Å². The summed E-state index contributed by atoms with van der Waals surface area (Å²) in [7, 11) is 0. The molecule has 1 amide bonds. The molecule has 1 aliphatic heterocycles. The molecule has 0 aliphatic carbocycles. The van der Waals surface area contributed by atoms with Gasteiger partial charge < -0.3 is 4.90 Å². The van der Waals surface area contributed by atoms with Crippen molar-refractivity contribution in [3.05, 3.63) is 33.8 Å². The highest BCUT2D eigenvalue weighted by Crippen LogP contribution is 2.25. The fraction of sp³-hybridized carbons (Fsp3) is 0.462. The van der Waals surface area contributed by atoms with Crippen molar-refractivity contribution < 1.29 is 4.79 Å². The van der Waals surface area contributed by atoms with Crippen LogP contribution in [0.4, 0.5) is 0 Å². The molecule has 0 spiro atoms. The highest BCUT2D eigenvalue weighted by atomic mass is 35.5. The monoisotopic (exact) mass is 271 g/mol. The van der Waals surface area contributed by atoms with E-state index in [9.17, 15) is 4.79 Å². The number of carbonyl (C=O) groups excluding carboxylic acids is 1. The van der Waals surface area contributed by atoms with E-state index < -0.39 is 0 Å². The molecule has 1 aromatic rings. The number of hydrogen-bond acceptors (Lipinski definition) is 1. The predicted molar refractivity (Wildman–Crippen MR) is 70.8 cm³/mol. The molecule has 1 atom stereocenters. The average molecular weight is 272 g/mol.